The van der Waals surface area contributed by atoms with Crippen molar-refractivity contribution in [1.29, 1.82) is 0 Å². The van der Waals surface area contributed by atoms with E-state index in [2.05, 4.69) is 0 Å². The smallest absolute Gasteiger partial charge is 0.197 e. The number of aliphatic hydroxyl groups excluding tert-OH is 1. The molecule has 88 valence electrons. The molecule has 0 radical (unpaired) electrons. The van der Waals surface area contributed by atoms with Gasteiger partial charge in [-0.05, 0) is 6.07 Å². The lowest BCUT2D eigenvalue weighted by Gasteiger charge is -2.16. The molecule has 3 N–H and O–H groups in total. The topological polar surface area (TPSA) is 64.7 Å². The molecular weight excluding hydrogens is 213 g/mol. The Morgan fingerprint density at radius 2 is 2.00 bits per heavy atom. The van der Waals surface area contributed by atoms with E-state index in [1.807, 2.05) is 0 Å². The van der Waals surface area contributed by atoms with Crippen LogP contribution in [0, 0.1) is 5.82 Å². The standard InChI is InChI=1S/C11H14FNO3/c12-8-3-2-7(9(13)6-14)10-11(8)16-5-1-4-15-10/h2-3,9,14H,1,4-6,13H2. The second-order valence-electron chi connectivity index (χ2n) is 3.63. The number of ether oxygens (including phenoxy) is 2. The summed E-state index contributed by atoms with van der Waals surface area (Å²) in [6.45, 7) is 0.658. The summed E-state index contributed by atoms with van der Waals surface area (Å²) in [7, 11) is 0. The summed E-state index contributed by atoms with van der Waals surface area (Å²) in [4.78, 5) is 0. The summed E-state index contributed by atoms with van der Waals surface area (Å²) in [5, 5.41) is 9.01. The van der Waals surface area contributed by atoms with Crippen molar-refractivity contribution in [2.75, 3.05) is 19.8 Å². The van der Waals surface area contributed by atoms with E-state index in [4.69, 9.17) is 20.3 Å². The van der Waals surface area contributed by atoms with Crippen LogP contribution in [-0.4, -0.2) is 24.9 Å². The largest absolute Gasteiger partial charge is 0.489 e. The number of benzene rings is 1. The molecule has 0 saturated heterocycles. The fourth-order valence-electron chi connectivity index (χ4n) is 1.63. The van der Waals surface area contributed by atoms with Crippen molar-refractivity contribution in [3.63, 3.8) is 0 Å². The van der Waals surface area contributed by atoms with Gasteiger partial charge in [0.2, 0.25) is 0 Å². The predicted octanol–water partition coefficient (Wildman–Crippen LogP) is 0.979. The van der Waals surface area contributed by atoms with Gasteiger partial charge in [0.25, 0.3) is 0 Å². The van der Waals surface area contributed by atoms with Crippen LogP contribution in [0.1, 0.15) is 18.0 Å². The summed E-state index contributed by atoms with van der Waals surface area (Å²) in [6, 6.07) is 2.21. The first-order valence-corrected chi connectivity index (χ1v) is 5.18. The fraction of sp³-hybridized carbons (Fsp3) is 0.455. The molecule has 0 fully saturated rings. The highest BCUT2D eigenvalue weighted by atomic mass is 19.1. The molecule has 5 heteroatoms. The van der Waals surface area contributed by atoms with Crippen molar-refractivity contribution in [2.24, 2.45) is 5.73 Å². The Bertz CT molecular complexity index is 384. The zero-order chi connectivity index (χ0) is 11.5. The van der Waals surface area contributed by atoms with E-state index in [0.717, 1.165) is 0 Å². The number of fused-ring (bicyclic) bond motifs is 1. The maximum absolute atomic E-state index is 13.5. The molecule has 16 heavy (non-hydrogen) atoms. The summed E-state index contributed by atoms with van der Waals surface area (Å²) >= 11 is 0. The van der Waals surface area contributed by atoms with E-state index in [9.17, 15) is 4.39 Å². The number of hydrogen-bond donors (Lipinski definition) is 2. The number of aliphatic hydroxyl groups is 1. The zero-order valence-corrected chi connectivity index (χ0v) is 8.78. The second kappa shape index (κ2) is 4.67. The van der Waals surface area contributed by atoms with Crippen LogP contribution < -0.4 is 15.2 Å². The third kappa shape index (κ3) is 1.96. The average molecular weight is 227 g/mol. The maximum atomic E-state index is 13.5. The Balaban J connectivity index is 2.47. The summed E-state index contributed by atoms with van der Waals surface area (Å²) in [5.74, 6) is -0.0521. The van der Waals surface area contributed by atoms with Crippen molar-refractivity contribution in [2.45, 2.75) is 12.5 Å². The van der Waals surface area contributed by atoms with E-state index in [-0.39, 0.29) is 12.4 Å². The van der Waals surface area contributed by atoms with Gasteiger partial charge in [-0.15, -0.1) is 0 Å². The Hall–Kier alpha value is -1.33. The van der Waals surface area contributed by atoms with Crippen LogP contribution in [0.5, 0.6) is 11.5 Å². The van der Waals surface area contributed by atoms with Crippen LogP contribution in [0.15, 0.2) is 12.1 Å². The molecule has 0 aliphatic carbocycles. The van der Waals surface area contributed by atoms with E-state index < -0.39 is 11.9 Å². The van der Waals surface area contributed by atoms with Gasteiger partial charge >= 0.3 is 0 Å². The Morgan fingerprint density at radius 1 is 1.31 bits per heavy atom. The SMILES string of the molecule is NC(CO)c1ccc(F)c2c1OCCCO2. The van der Waals surface area contributed by atoms with E-state index >= 15 is 0 Å². The lowest BCUT2D eigenvalue weighted by molar-refractivity contribution is 0.260. The third-order valence-electron chi connectivity index (χ3n) is 2.47. The van der Waals surface area contributed by atoms with Crippen LogP contribution in [0.2, 0.25) is 0 Å². The molecule has 1 unspecified atom stereocenters. The molecule has 0 spiro atoms. The molecule has 1 atom stereocenters. The van der Waals surface area contributed by atoms with Crippen molar-refractivity contribution in [3.05, 3.63) is 23.5 Å². The maximum Gasteiger partial charge on any atom is 0.197 e. The Kier molecular flexibility index (Phi) is 3.26. The molecule has 0 aromatic heterocycles. The number of nitrogens with two attached hydrogens (primary N) is 1. The quantitative estimate of drug-likeness (QED) is 0.790. The Labute approximate surface area is 92.8 Å². The normalized spacial score (nSPS) is 16.7. The van der Waals surface area contributed by atoms with Crippen molar-refractivity contribution >= 4 is 0 Å². The molecule has 0 bridgehead atoms. The molecule has 0 saturated carbocycles. The second-order valence-corrected chi connectivity index (χ2v) is 3.63. The lowest BCUT2D eigenvalue weighted by Crippen LogP contribution is -2.16. The molecular formula is C11H14FNO3. The minimum absolute atomic E-state index is 0.0962. The number of halogens is 1. The first kappa shape index (κ1) is 11.2. The van der Waals surface area contributed by atoms with Gasteiger partial charge < -0.3 is 20.3 Å². The van der Waals surface area contributed by atoms with E-state index in [1.165, 1.54) is 12.1 Å². The Morgan fingerprint density at radius 3 is 2.69 bits per heavy atom. The molecule has 1 aromatic rings. The van der Waals surface area contributed by atoms with Gasteiger partial charge in [-0.1, -0.05) is 6.07 Å². The molecule has 1 aromatic carbocycles. The average Bonchev–Trinajstić information content (AvgIpc) is 2.55. The van der Waals surface area contributed by atoms with Gasteiger partial charge in [0.15, 0.2) is 17.3 Å². The van der Waals surface area contributed by atoms with Gasteiger partial charge in [0.1, 0.15) is 0 Å². The van der Waals surface area contributed by atoms with Crippen LogP contribution in [0.25, 0.3) is 0 Å². The number of hydrogen-bond acceptors (Lipinski definition) is 4. The molecule has 0 amide bonds. The van der Waals surface area contributed by atoms with Gasteiger partial charge in [-0.25, -0.2) is 4.39 Å². The summed E-state index contributed by atoms with van der Waals surface area (Å²) < 4.78 is 24.2. The molecule has 4 nitrogen and oxygen atoms in total. The highest BCUT2D eigenvalue weighted by Gasteiger charge is 2.22. The minimum Gasteiger partial charge on any atom is -0.489 e. The van der Waals surface area contributed by atoms with Crippen molar-refractivity contribution in [3.8, 4) is 11.5 Å². The highest BCUT2D eigenvalue weighted by Crippen LogP contribution is 2.38. The molecule has 1 heterocycles. The first-order chi connectivity index (χ1) is 7.74. The molecule has 1 aliphatic heterocycles. The zero-order valence-electron chi connectivity index (χ0n) is 8.78. The molecule has 1 aliphatic rings. The first-order valence-electron chi connectivity index (χ1n) is 5.18. The predicted molar refractivity (Wildman–Crippen MR) is 56.0 cm³/mol. The summed E-state index contributed by atoms with van der Waals surface area (Å²) in [5.41, 5.74) is 6.28. The van der Waals surface area contributed by atoms with Gasteiger partial charge in [0.05, 0.1) is 25.9 Å². The number of rotatable bonds is 2. The van der Waals surface area contributed by atoms with Crippen LogP contribution >= 0.6 is 0 Å². The van der Waals surface area contributed by atoms with Gasteiger partial charge in [-0.3, -0.25) is 0 Å². The van der Waals surface area contributed by atoms with Crippen LogP contribution in [-0.2, 0) is 0 Å². The summed E-state index contributed by atoms with van der Waals surface area (Å²) in [6.07, 6.45) is 0.696. The van der Waals surface area contributed by atoms with Crippen molar-refractivity contribution in [1.82, 2.24) is 0 Å². The lowest BCUT2D eigenvalue weighted by atomic mass is 10.1. The highest BCUT2D eigenvalue weighted by molar-refractivity contribution is 5.49. The van der Waals surface area contributed by atoms with E-state index in [0.29, 0.717) is 30.9 Å². The minimum atomic E-state index is -0.587. The van der Waals surface area contributed by atoms with E-state index in [1.54, 1.807) is 0 Å². The van der Waals surface area contributed by atoms with Crippen LogP contribution in [0.4, 0.5) is 4.39 Å². The third-order valence-corrected chi connectivity index (χ3v) is 2.47. The van der Waals surface area contributed by atoms with Gasteiger partial charge in [-0.2, -0.15) is 0 Å². The fourth-order valence-corrected chi connectivity index (χ4v) is 1.63. The van der Waals surface area contributed by atoms with Gasteiger partial charge in [0, 0.05) is 12.0 Å². The van der Waals surface area contributed by atoms with Crippen LogP contribution in [0.3, 0.4) is 0 Å². The monoisotopic (exact) mass is 227 g/mol. The molecule has 2 rings (SSSR count). The van der Waals surface area contributed by atoms with Crippen molar-refractivity contribution < 1.29 is 19.0 Å².